The molecule has 160 valence electrons. The van der Waals surface area contributed by atoms with Gasteiger partial charge in [0.1, 0.15) is 27.9 Å². The highest BCUT2D eigenvalue weighted by molar-refractivity contribution is 7.13. The van der Waals surface area contributed by atoms with Crippen molar-refractivity contribution in [3.63, 3.8) is 0 Å². The number of benzene rings is 2. The molecule has 0 bridgehead atoms. The fraction of sp³-hybridized carbons (Fsp3) is 0.0435. The number of phenolic OH excluding ortho intramolecular Hbond substituents is 1. The molecule has 0 radical (unpaired) electrons. The summed E-state index contributed by atoms with van der Waals surface area (Å²) in [5.41, 5.74) is 1.74. The molecule has 4 aromatic rings. The molecule has 0 spiro atoms. The second kappa shape index (κ2) is 9.27. The Bertz CT molecular complexity index is 1270. The zero-order chi connectivity index (χ0) is 22.5. The third kappa shape index (κ3) is 4.73. The molecule has 3 N–H and O–H groups in total. The van der Waals surface area contributed by atoms with Crippen LogP contribution in [0.1, 0.15) is 21.0 Å². The van der Waals surface area contributed by atoms with Crippen molar-refractivity contribution in [1.82, 2.24) is 15.3 Å². The van der Waals surface area contributed by atoms with E-state index in [-0.39, 0.29) is 29.0 Å². The summed E-state index contributed by atoms with van der Waals surface area (Å²) in [5.74, 6) is 0.261. The van der Waals surface area contributed by atoms with E-state index >= 15 is 0 Å². The topological polar surface area (TPSA) is 113 Å². The number of anilines is 1. The SMILES string of the molecule is CNC(=O)c1cc(Oc2ccccc2NC(=O)c2csc(-c3ccc(O)cc3)n2)ccn1. The van der Waals surface area contributed by atoms with E-state index in [2.05, 4.69) is 20.6 Å². The summed E-state index contributed by atoms with van der Waals surface area (Å²) in [6.07, 6.45) is 1.47. The van der Waals surface area contributed by atoms with Gasteiger partial charge in [0.2, 0.25) is 0 Å². The molecular weight excluding hydrogens is 428 g/mol. The second-order valence-electron chi connectivity index (χ2n) is 6.59. The Hall–Kier alpha value is -4.24. The number of amides is 2. The van der Waals surface area contributed by atoms with Gasteiger partial charge < -0.3 is 20.5 Å². The van der Waals surface area contributed by atoms with Crippen LogP contribution in [0.4, 0.5) is 5.69 Å². The van der Waals surface area contributed by atoms with Crippen molar-refractivity contribution in [1.29, 1.82) is 0 Å². The number of nitrogens with one attached hydrogen (secondary N) is 2. The lowest BCUT2D eigenvalue weighted by Gasteiger charge is -2.12. The van der Waals surface area contributed by atoms with Crippen molar-refractivity contribution in [2.75, 3.05) is 12.4 Å². The van der Waals surface area contributed by atoms with Gasteiger partial charge in [0, 0.05) is 30.3 Å². The lowest BCUT2D eigenvalue weighted by atomic mass is 10.2. The lowest BCUT2D eigenvalue weighted by Crippen LogP contribution is -2.19. The van der Waals surface area contributed by atoms with Gasteiger partial charge in [0.05, 0.1) is 5.69 Å². The Labute approximate surface area is 187 Å². The molecule has 0 aliphatic carbocycles. The number of thiazole rings is 1. The number of ether oxygens (including phenoxy) is 1. The number of aromatic hydroxyl groups is 1. The van der Waals surface area contributed by atoms with E-state index in [9.17, 15) is 14.7 Å². The van der Waals surface area contributed by atoms with Crippen LogP contribution in [-0.4, -0.2) is 33.9 Å². The predicted molar refractivity (Wildman–Crippen MR) is 121 cm³/mol. The number of pyridine rings is 1. The van der Waals surface area contributed by atoms with Crippen LogP contribution in [0.3, 0.4) is 0 Å². The number of carbonyl (C=O) groups is 2. The van der Waals surface area contributed by atoms with Crippen LogP contribution < -0.4 is 15.4 Å². The maximum Gasteiger partial charge on any atom is 0.275 e. The minimum atomic E-state index is -0.386. The summed E-state index contributed by atoms with van der Waals surface area (Å²) in [6.45, 7) is 0. The summed E-state index contributed by atoms with van der Waals surface area (Å²) in [7, 11) is 1.52. The van der Waals surface area contributed by atoms with E-state index in [0.29, 0.717) is 22.2 Å². The number of phenols is 1. The van der Waals surface area contributed by atoms with Crippen LogP contribution in [0.5, 0.6) is 17.2 Å². The molecule has 0 aliphatic heterocycles. The van der Waals surface area contributed by atoms with Gasteiger partial charge in [0.15, 0.2) is 5.75 Å². The minimum Gasteiger partial charge on any atom is -0.508 e. The third-order valence-corrected chi connectivity index (χ3v) is 5.30. The number of rotatable bonds is 6. The Morgan fingerprint density at radius 1 is 1.00 bits per heavy atom. The highest BCUT2D eigenvalue weighted by Gasteiger charge is 2.15. The fourth-order valence-corrected chi connectivity index (χ4v) is 3.62. The first-order valence-corrected chi connectivity index (χ1v) is 10.4. The number of nitrogens with zero attached hydrogens (tertiary/aromatic N) is 2. The first-order valence-electron chi connectivity index (χ1n) is 9.55. The summed E-state index contributed by atoms with van der Waals surface area (Å²) >= 11 is 1.33. The molecule has 0 saturated carbocycles. The quantitative estimate of drug-likeness (QED) is 0.407. The van der Waals surface area contributed by atoms with E-state index in [1.165, 1.54) is 30.6 Å². The Balaban J connectivity index is 1.52. The van der Waals surface area contributed by atoms with Crippen molar-refractivity contribution >= 4 is 28.8 Å². The third-order valence-electron chi connectivity index (χ3n) is 4.41. The number of para-hydroxylation sites is 2. The summed E-state index contributed by atoms with van der Waals surface area (Å²) in [6, 6.07) is 16.7. The summed E-state index contributed by atoms with van der Waals surface area (Å²) in [4.78, 5) is 33.0. The number of hydrogen-bond donors (Lipinski definition) is 3. The van der Waals surface area contributed by atoms with E-state index in [1.54, 1.807) is 60.0 Å². The number of hydrogen-bond acceptors (Lipinski definition) is 7. The van der Waals surface area contributed by atoms with Crippen LogP contribution in [0, 0.1) is 0 Å². The van der Waals surface area contributed by atoms with E-state index in [4.69, 9.17) is 4.74 Å². The average Bonchev–Trinajstić information content (AvgIpc) is 3.31. The van der Waals surface area contributed by atoms with Gasteiger partial charge in [-0.05, 0) is 42.5 Å². The molecule has 32 heavy (non-hydrogen) atoms. The van der Waals surface area contributed by atoms with Crippen LogP contribution in [0.25, 0.3) is 10.6 Å². The fourth-order valence-electron chi connectivity index (χ4n) is 2.81. The van der Waals surface area contributed by atoms with E-state index in [0.717, 1.165) is 5.56 Å². The number of carbonyl (C=O) groups excluding carboxylic acids is 2. The van der Waals surface area contributed by atoms with Crippen molar-refractivity contribution in [3.05, 3.63) is 83.6 Å². The summed E-state index contributed by atoms with van der Waals surface area (Å²) in [5, 5.41) is 17.1. The standard InChI is InChI=1S/C23H18N4O4S/c1-24-21(29)18-12-16(10-11-25-18)31-20-5-3-2-4-17(20)26-22(30)19-13-32-23(27-19)14-6-8-15(28)9-7-14/h2-13,28H,1H3,(H,24,29)(H,26,30). The average molecular weight is 446 g/mol. The molecular formula is C23H18N4O4S. The Morgan fingerprint density at radius 2 is 1.78 bits per heavy atom. The van der Waals surface area contributed by atoms with Gasteiger partial charge >= 0.3 is 0 Å². The highest BCUT2D eigenvalue weighted by Crippen LogP contribution is 2.30. The van der Waals surface area contributed by atoms with Crippen LogP contribution in [0.2, 0.25) is 0 Å². The van der Waals surface area contributed by atoms with Gasteiger partial charge in [-0.2, -0.15) is 0 Å². The van der Waals surface area contributed by atoms with Gasteiger partial charge in [-0.3, -0.25) is 14.6 Å². The largest absolute Gasteiger partial charge is 0.508 e. The van der Waals surface area contributed by atoms with Gasteiger partial charge in [-0.15, -0.1) is 11.3 Å². The van der Waals surface area contributed by atoms with Crippen LogP contribution >= 0.6 is 11.3 Å². The van der Waals surface area contributed by atoms with Crippen molar-refractivity contribution in [2.45, 2.75) is 0 Å². The van der Waals surface area contributed by atoms with Gasteiger partial charge in [-0.25, -0.2) is 4.98 Å². The highest BCUT2D eigenvalue weighted by atomic mass is 32.1. The zero-order valence-corrected chi connectivity index (χ0v) is 17.7. The van der Waals surface area contributed by atoms with Crippen molar-refractivity contribution in [2.24, 2.45) is 0 Å². The first-order chi connectivity index (χ1) is 15.5. The molecule has 0 unspecified atom stereocenters. The molecule has 0 atom stereocenters. The molecule has 2 amide bonds. The minimum absolute atomic E-state index is 0.163. The zero-order valence-electron chi connectivity index (χ0n) is 16.9. The molecule has 2 aromatic heterocycles. The summed E-state index contributed by atoms with van der Waals surface area (Å²) < 4.78 is 5.89. The smallest absolute Gasteiger partial charge is 0.275 e. The maximum atomic E-state index is 12.8. The predicted octanol–water partition coefficient (Wildman–Crippen LogP) is 4.31. The molecule has 4 rings (SSSR count). The molecule has 9 heteroatoms. The molecule has 2 aromatic carbocycles. The van der Waals surface area contributed by atoms with E-state index < -0.39 is 0 Å². The lowest BCUT2D eigenvalue weighted by molar-refractivity contribution is 0.0957. The molecule has 0 saturated heterocycles. The first kappa shape index (κ1) is 21.0. The molecule has 8 nitrogen and oxygen atoms in total. The van der Waals surface area contributed by atoms with Crippen molar-refractivity contribution in [3.8, 4) is 27.8 Å². The molecule has 2 heterocycles. The van der Waals surface area contributed by atoms with E-state index in [1.807, 2.05) is 0 Å². The van der Waals surface area contributed by atoms with Gasteiger partial charge in [0.25, 0.3) is 11.8 Å². The molecule has 0 aliphatic rings. The number of aromatic nitrogens is 2. The van der Waals surface area contributed by atoms with Gasteiger partial charge in [-0.1, -0.05) is 12.1 Å². The maximum absolute atomic E-state index is 12.8. The second-order valence-corrected chi connectivity index (χ2v) is 7.45. The normalized spacial score (nSPS) is 10.4. The monoisotopic (exact) mass is 446 g/mol. The van der Waals surface area contributed by atoms with Crippen LogP contribution in [0.15, 0.2) is 72.2 Å². The van der Waals surface area contributed by atoms with Crippen molar-refractivity contribution < 1.29 is 19.4 Å². The Kier molecular flexibility index (Phi) is 6.09. The van der Waals surface area contributed by atoms with Crippen LogP contribution in [-0.2, 0) is 0 Å². The molecule has 0 fully saturated rings. The Morgan fingerprint density at radius 3 is 2.56 bits per heavy atom.